The van der Waals surface area contributed by atoms with Crippen molar-refractivity contribution < 1.29 is 0 Å². The summed E-state index contributed by atoms with van der Waals surface area (Å²) in [5.74, 6) is 0. The average molecular weight is 287 g/mol. The summed E-state index contributed by atoms with van der Waals surface area (Å²) in [6.45, 7) is 2.93. The molecule has 0 bridgehead atoms. The fraction of sp³-hybridized carbons (Fsp3) is 0.105. The van der Waals surface area contributed by atoms with Crippen LogP contribution < -0.4 is 10.6 Å². The van der Waals surface area contributed by atoms with Crippen molar-refractivity contribution in [3.05, 3.63) is 72.1 Å². The molecule has 0 atom stereocenters. The van der Waals surface area contributed by atoms with E-state index in [4.69, 9.17) is 0 Å². The maximum atomic E-state index is 4.45. The Bertz CT molecular complexity index is 863. The molecule has 2 N–H and O–H groups in total. The van der Waals surface area contributed by atoms with Crippen molar-refractivity contribution in [2.24, 2.45) is 0 Å². The van der Waals surface area contributed by atoms with Gasteiger partial charge in [0.1, 0.15) is 0 Å². The average Bonchev–Trinajstić information content (AvgIpc) is 2.98. The zero-order valence-corrected chi connectivity index (χ0v) is 12.4. The Labute approximate surface area is 129 Å². The summed E-state index contributed by atoms with van der Waals surface area (Å²) in [5, 5.41) is 8.04. The van der Waals surface area contributed by atoms with Crippen molar-refractivity contribution >= 4 is 27.9 Å². The van der Waals surface area contributed by atoms with Gasteiger partial charge >= 0.3 is 0 Å². The topological polar surface area (TPSA) is 37.0 Å². The van der Waals surface area contributed by atoms with Gasteiger partial charge in [-0.25, -0.2) is 0 Å². The number of nitrogens with zero attached hydrogens (tertiary/aromatic N) is 1. The Morgan fingerprint density at radius 1 is 1.09 bits per heavy atom. The number of pyridine rings is 1. The first-order valence-electron chi connectivity index (χ1n) is 7.45. The van der Waals surface area contributed by atoms with Crippen LogP contribution in [0.15, 0.2) is 60.9 Å². The van der Waals surface area contributed by atoms with Crippen LogP contribution >= 0.6 is 0 Å². The molecule has 0 aliphatic carbocycles. The Morgan fingerprint density at radius 3 is 2.82 bits per heavy atom. The number of hydrogen-bond acceptors (Lipinski definition) is 3. The second kappa shape index (κ2) is 5.19. The molecule has 0 fully saturated rings. The molecule has 0 amide bonds. The number of aryl methyl sites for hydroxylation is 1. The lowest BCUT2D eigenvalue weighted by molar-refractivity contribution is 1.41. The first-order chi connectivity index (χ1) is 10.8. The van der Waals surface area contributed by atoms with E-state index in [1.165, 1.54) is 27.8 Å². The van der Waals surface area contributed by atoms with Crippen LogP contribution in [0.3, 0.4) is 0 Å². The number of hydrogen-bond donors (Lipinski definition) is 2. The van der Waals surface area contributed by atoms with Crippen LogP contribution in [0.5, 0.6) is 0 Å². The van der Waals surface area contributed by atoms with Crippen molar-refractivity contribution in [3.8, 4) is 0 Å². The molecule has 3 nitrogen and oxygen atoms in total. The summed E-state index contributed by atoms with van der Waals surface area (Å²) in [5.41, 5.74) is 7.09. The Hall–Kier alpha value is -2.81. The minimum absolute atomic E-state index is 0.836. The maximum Gasteiger partial charge on any atom is 0.0709 e. The maximum absolute atomic E-state index is 4.45. The summed E-state index contributed by atoms with van der Waals surface area (Å²) < 4.78 is 0. The minimum Gasteiger partial charge on any atom is -0.380 e. The number of nitrogens with one attached hydrogen (secondary N) is 2. The summed E-state index contributed by atoms with van der Waals surface area (Å²) in [6, 6.07) is 16.7. The van der Waals surface area contributed by atoms with Gasteiger partial charge in [-0.2, -0.15) is 0 Å². The van der Waals surface area contributed by atoms with Gasteiger partial charge in [-0.1, -0.05) is 23.8 Å². The molecule has 3 aromatic rings. The van der Waals surface area contributed by atoms with Gasteiger partial charge in [0.2, 0.25) is 0 Å². The van der Waals surface area contributed by atoms with Gasteiger partial charge in [0.25, 0.3) is 0 Å². The van der Waals surface area contributed by atoms with E-state index in [1.807, 2.05) is 12.3 Å². The van der Waals surface area contributed by atoms with Crippen LogP contribution in [0.25, 0.3) is 16.5 Å². The molecule has 1 aliphatic heterocycles. The third-order valence-electron chi connectivity index (χ3n) is 4.04. The van der Waals surface area contributed by atoms with Crippen LogP contribution in [0.4, 0.5) is 11.4 Å². The van der Waals surface area contributed by atoms with E-state index in [2.05, 4.69) is 71.2 Å². The lowest BCUT2D eigenvalue weighted by Gasteiger charge is -2.06. The molecular weight excluding hydrogens is 270 g/mol. The second-order valence-electron chi connectivity index (χ2n) is 5.59. The van der Waals surface area contributed by atoms with E-state index in [-0.39, 0.29) is 0 Å². The molecule has 1 aliphatic rings. The first kappa shape index (κ1) is 12.9. The Balaban J connectivity index is 1.73. The fourth-order valence-corrected chi connectivity index (χ4v) is 2.87. The van der Waals surface area contributed by atoms with Gasteiger partial charge in [-0.3, -0.25) is 4.98 Å². The van der Waals surface area contributed by atoms with E-state index in [0.717, 1.165) is 17.7 Å². The highest BCUT2D eigenvalue weighted by molar-refractivity contribution is 6.01. The highest BCUT2D eigenvalue weighted by Gasteiger charge is 2.18. The van der Waals surface area contributed by atoms with Gasteiger partial charge < -0.3 is 10.6 Å². The lowest BCUT2D eigenvalue weighted by Crippen LogP contribution is -1.95. The molecular formula is C19H17N3. The van der Waals surface area contributed by atoms with E-state index >= 15 is 0 Å². The highest BCUT2D eigenvalue weighted by atomic mass is 14.9. The smallest absolute Gasteiger partial charge is 0.0709 e. The van der Waals surface area contributed by atoms with Crippen molar-refractivity contribution in [2.75, 3.05) is 17.2 Å². The summed E-state index contributed by atoms with van der Waals surface area (Å²) >= 11 is 0. The molecule has 0 spiro atoms. The second-order valence-corrected chi connectivity index (χ2v) is 5.59. The predicted octanol–water partition coefficient (Wildman–Crippen LogP) is 4.42. The first-order valence-corrected chi connectivity index (χ1v) is 7.45. The normalized spacial score (nSPS) is 14.9. The molecule has 2 heterocycles. The lowest BCUT2D eigenvalue weighted by atomic mass is 10.0. The third kappa shape index (κ3) is 2.21. The van der Waals surface area contributed by atoms with Crippen LogP contribution in [0, 0.1) is 6.92 Å². The van der Waals surface area contributed by atoms with Gasteiger partial charge in [-0.15, -0.1) is 0 Å². The molecule has 0 saturated carbocycles. The van der Waals surface area contributed by atoms with E-state index in [9.17, 15) is 0 Å². The molecule has 108 valence electrons. The van der Waals surface area contributed by atoms with Crippen LogP contribution in [0.1, 0.15) is 11.1 Å². The van der Waals surface area contributed by atoms with Crippen molar-refractivity contribution in [1.82, 2.24) is 4.98 Å². The van der Waals surface area contributed by atoms with Crippen LogP contribution in [-0.2, 0) is 0 Å². The molecule has 22 heavy (non-hydrogen) atoms. The summed E-state index contributed by atoms with van der Waals surface area (Å²) in [6.07, 6.45) is 3.93. The molecule has 4 rings (SSSR count). The summed E-state index contributed by atoms with van der Waals surface area (Å²) in [7, 11) is 0. The van der Waals surface area contributed by atoms with E-state index in [0.29, 0.717) is 0 Å². The van der Waals surface area contributed by atoms with Crippen molar-refractivity contribution in [1.29, 1.82) is 0 Å². The molecule has 0 radical (unpaired) electrons. The largest absolute Gasteiger partial charge is 0.380 e. The number of aromatic nitrogens is 1. The van der Waals surface area contributed by atoms with Crippen LogP contribution in [0.2, 0.25) is 0 Å². The quantitative estimate of drug-likeness (QED) is 0.732. The standard InChI is InChI=1S/C19H17N3/c1-13-4-6-15(7-5-13)21-11-14-12-22-18-9-8-17-16(19(14)18)3-2-10-20-17/h2-11,21-22H,12H2,1H3/b14-11+. The van der Waals surface area contributed by atoms with Crippen molar-refractivity contribution in [2.45, 2.75) is 6.92 Å². The van der Waals surface area contributed by atoms with Crippen molar-refractivity contribution in [3.63, 3.8) is 0 Å². The predicted molar refractivity (Wildman–Crippen MR) is 93.0 cm³/mol. The molecule has 0 unspecified atom stereocenters. The number of fused-ring (bicyclic) bond motifs is 3. The number of rotatable bonds is 2. The monoisotopic (exact) mass is 287 g/mol. The van der Waals surface area contributed by atoms with E-state index < -0.39 is 0 Å². The Morgan fingerprint density at radius 2 is 1.95 bits per heavy atom. The zero-order chi connectivity index (χ0) is 14.9. The van der Waals surface area contributed by atoms with E-state index in [1.54, 1.807) is 0 Å². The molecule has 0 saturated heterocycles. The Kier molecular flexibility index (Phi) is 3.04. The molecule has 3 heteroatoms. The van der Waals surface area contributed by atoms with Gasteiger partial charge in [0.05, 0.1) is 5.52 Å². The molecule has 1 aromatic heterocycles. The number of benzene rings is 2. The highest BCUT2D eigenvalue weighted by Crippen LogP contribution is 2.36. The van der Waals surface area contributed by atoms with Gasteiger partial charge in [0, 0.05) is 41.3 Å². The molecule has 2 aromatic carbocycles. The SMILES string of the molecule is Cc1ccc(N/C=C2\CNc3ccc4ncccc4c32)cc1. The zero-order valence-electron chi connectivity index (χ0n) is 12.4. The number of anilines is 2. The minimum atomic E-state index is 0.836. The van der Waals surface area contributed by atoms with Gasteiger partial charge in [0.15, 0.2) is 0 Å². The van der Waals surface area contributed by atoms with Gasteiger partial charge in [-0.05, 0) is 42.8 Å². The third-order valence-corrected chi connectivity index (χ3v) is 4.04. The van der Waals surface area contributed by atoms with Crippen LogP contribution in [-0.4, -0.2) is 11.5 Å². The fourth-order valence-electron chi connectivity index (χ4n) is 2.87. The summed E-state index contributed by atoms with van der Waals surface area (Å²) in [4.78, 5) is 4.45.